The number of phenolic OH excluding ortho intramolecular Hbond substituents is 26. The van der Waals surface area contributed by atoms with Crippen LogP contribution in [-0.4, -0.2) is 266 Å². The Morgan fingerprint density at radius 3 is 1.07 bits per heavy atom. The molecular weight excluding hydrogens is 1670 g/mol. The summed E-state index contributed by atoms with van der Waals surface area (Å²) in [4.78, 5) is 131. The number of ether oxygens (including phenoxy) is 12. The molecule has 0 spiro atoms. The molecule has 2 saturated heterocycles. The lowest BCUT2D eigenvalue weighted by molar-refractivity contribution is -0.284. The minimum absolute atomic E-state index is 0.101. The summed E-state index contributed by atoms with van der Waals surface area (Å²) in [6.45, 7) is -3.11. The molecule has 3 heterocycles. The van der Waals surface area contributed by atoms with Crippen molar-refractivity contribution in [1.29, 1.82) is 0 Å². The molecule has 12 rings (SSSR count). The fraction of sp³-hybridized carbons (Fsp3) is 0.160. The highest BCUT2D eigenvalue weighted by atomic mass is 16.8. The number of carbonyl (C=O) groups is 9. The Kier molecular flexibility index (Phi) is 22.6. The van der Waals surface area contributed by atoms with Crippen LogP contribution in [0.2, 0.25) is 0 Å². The van der Waals surface area contributed by atoms with Gasteiger partial charge < -0.3 is 195 Å². The first-order chi connectivity index (χ1) is 57.8. The molecule has 0 saturated carbocycles. The number of carbonyl (C=O) groups excluding carboxylic acids is 9. The fourth-order valence-electron chi connectivity index (χ4n) is 12.2. The maximum atomic E-state index is 15.5. The van der Waals surface area contributed by atoms with Crippen LogP contribution in [0.4, 0.5) is 0 Å². The quantitative estimate of drug-likeness (QED) is 0.0354. The van der Waals surface area contributed by atoms with Gasteiger partial charge in [-0.25, -0.2) is 43.2 Å². The molecule has 123 heavy (non-hydrogen) atoms. The smallest absolute Gasteiger partial charge is 0.342 e. The predicted molar refractivity (Wildman–Crippen MR) is 381 cm³/mol. The van der Waals surface area contributed by atoms with Crippen LogP contribution in [0.5, 0.6) is 161 Å². The van der Waals surface area contributed by atoms with Crippen molar-refractivity contribution in [2.75, 3.05) is 13.2 Å². The molecule has 0 amide bonds. The maximum absolute atomic E-state index is 15.5. The third-order valence-electron chi connectivity index (χ3n) is 18.3. The number of rotatable bonds is 17. The number of fused-ring (bicyclic) bond motifs is 4. The second-order valence-corrected chi connectivity index (χ2v) is 26.2. The molecule has 48 nitrogen and oxygen atoms in total. The summed E-state index contributed by atoms with van der Waals surface area (Å²) < 4.78 is 67.5. The number of aliphatic hydroxyl groups is 1. The molecule has 0 bridgehead atoms. The minimum Gasteiger partial charge on any atom is -0.504 e. The summed E-state index contributed by atoms with van der Waals surface area (Å²) in [5.74, 6) is -56.5. The monoisotopic (exact) mass is 1720 g/mol. The van der Waals surface area contributed by atoms with Gasteiger partial charge in [-0.15, -0.1) is 0 Å². The highest BCUT2D eigenvalue weighted by Gasteiger charge is 2.57. The zero-order chi connectivity index (χ0) is 90.0. The molecule has 0 radical (unpaired) electrons. The van der Waals surface area contributed by atoms with Crippen LogP contribution in [0.3, 0.4) is 0 Å². The van der Waals surface area contributed by atoms with Crippen LogP contribution in [-0.2, 0) is 52.1 Å². The molecule has 0 unspecified atom stereocenters. The SMILES string of the molecule is O=C(OC[C@H]1O[C@@H](OC(=O)c2cc(O)c(O)c(O)c2)[C@H](OC(=O)c2cc(O)c(O)c(O)c2)[C@@H](OC(=O)c2cc(O)c(O)c(O)c2)[C@@H]1OC(=O)c1cc(O)c(O)c(O)c1Oc1cc2c(c(O)c1O)-c1c(cc(O)c(O)c1O)C(=O)O[C@H]1[C@H](OC(=O)c3cc(O)c(O)c(O)c3)[C@@H](OC(=O)c3cc(O)c(O)c(O)c3)[C@H](O)O[C@@H]1COC2=O)c1cc(O)c(O)c(O)c1. The average Bonchev–Trinajstić information content (AvgIpc) is 1.60. The van der Waals surface area contributed by atoms with E-state index in [1.54, 1.807) is 0 Å². The van der Waals surface area contributed by atoms with Crippen LogP contribution in [0, 0.1) is 0 Å². The molecule has 27 N–H and O–H groups in total. The van der Waals surface area contributed by atoms with Gasteiger partial charge in [-0.3, -0.25) is 0 Å². The van der Waals surface area contributed by atoms with Gasteiger partial charge in [0.2, 0.25) is 35.4 Å². The van der Waals surface area contributed by atoms with Gasteiger partial charge >= 0.3 is 53.7 Å². The zero-order valence-electron chi connectivity index (χ0n) is 60.5. The molecule has 644 valence electrons. The molecule has 9 aromatic rings. The van der Waals surface area contributed by atoms with Crippen molar-refractivity contribution in [3.05, 3.63) is 141 Å². The van der Waals surface area contributed by atoms with Crippen LogP contribution in [0.1, 0.15) is 93.2 Å². The first kappa shape index (κ1) is 85.1. The molecule has 0 aromatic heterocycles. The summed E-state index contributed by atoms with van der Waals surface area (Å²) in [6, 6.07) is 5.76. The molecule has 0 aliphatic carbocycles. The van der Waals surface area contributed by atoms with Crippen molar-refractivity contribution in [2.45, 2.75) is 61.4 Å². The van der Waals surface area contributed by atoms with Gasteiger partial charge in [-0.1, -0.05) is 0 Å². The summed E-state index contributed by atoms with van der Waals surface area (Å²) in [6.07, 6.45) is -27.3. The predicted octanol–water partition coefficient (Wildman–Crippen LogP) is 2.77. The largest absolute Gasteiger partial charge is 0.504 e. The van der Waals surface area contributed by atoms with Gasteiger partial charge in [-0.2, -0.15) is 0 Å². The van der Waals surface area contributed by atoms with E-state index in [4.69, 9.17) is 56.8 Å². The van der Waals surface area contributed by atoms with Gasteiger partial charge in [0.15, 0.2) is 175 Å². The Bertz CT molecular complexity index is 5810. The Morgan fingerprint density at radius 1 is 0.317 bits per heavy atom. The first-order valence-electron chi connectivity index (χ1n) is 34.0. The van der Waals surface area contributed by atoms with E-state index in [-0.39, 0.29) is 18.2 Å². The molecule has 2 fully saturated rings. The number of benzene rings is 9. The van der Waals surface area contributed by atoms with Crippen LogP contribution < -0.4 is 4.74 Å². The second-order valence-electron chi connectivity index (χ2n) is 26.2. The first-order valence-corrected chi connectivity index (χ1v) is 34.0. The number of hydrogen-bond donors (Lipinski definition) is 27. The fourth-order valence-corrected chi connectivity index (χ4v) is 12.2. The van der Waals surface area contributed by atoms with Crippen molar-refractivity contribution < 1.29 is 238 Å². The maximum Gasteiger partial charge on any atom is 0.342 e. The second kappa shape index (κ2) is 32.6. The van der Waals surface area contributed by atoms with E-state index in [1.807, 2.05) is 0 Å². The van der Waals surface area contributed by atoms with E-state index in [0.717, 1.165) is 0 Å². The standard InChI is InChI=1S/C75H56O48/c76-27-1-18(2-28(77)46(27)90)65(102)112-17-43-60(62(120-67(104)20-5-31(80)48(92)32(81)6-20)64(122-69(106)22-9-35(84)50(94)36(85)10-22)75(116-43)123-70(107)23-11-37(86)51(95)38(87)12-23)118-73(110)26-14-40(89)53(97)57(101)58(26)114-41-15-25-45(56(100)54(41)98)44-24(13-39(88)52(96)55(44)99)72(109)117-59-42(16-113-71(25)108)115-74(111)63(121-68(105)21-7-33(82)49(93)34(83)8-21)61(59)119-66(103)19-3-29(78)47(91)30(79)4-19/h1-15,42-43,59-64,74-101,111H,16-17H2/t42-,43-,59-,60-,61+,62+,63-,64-,74-,75+/m1/s1. The Morgan fingerprint density at radius 2 is 0.650 bits per heavy atom. The number of phenols is 26. The topological polar surface area (TPSA) is 811 Å². The molecule has 48 heteroatoms. The summed E-state index contributed by atoms with van der Waals surface area (Å²) in [7, 11) is 0. The Balaban J connectivity index is 0.985. The summed E-state index contributed by atoms with van der Waals surface area (Å²) >= 11 is 0. The van der Waals surface area contributed by atoms with E-state index in [1.165, 1.54) is 0 Å². The van der Waals surface area contributed by atoms with Crippen molar-refractivity contribution in [2.24, 2.45) is 0 Å². The number of hydrogen-bond acceptors (Lipinski definition) is 48. The van der Waals surface area contributed by atoms with Crippen molar-refractivity contribution in [3.63, 3.8) is 0 Å². The number of aromatic hydroxyl groups is 26. The van der Waals surface area contributed by atoms with Crippen molar-refractivity contribution >= 4 is 53.7 Å². The van der Waals surface area contributed by atoms with E-state index < -0.39 is 351 Å². The van der Waals surface area contributed by atoms with Gasteiger partial charge in [0.05, 0.1) is 44.5 Å². The lowest BCUT2D eigenvalue weighted by atomic mass is 9.91. The van der Waals surface area contributed by atoms with Gasteiger partial charge in [0.1, 0.15) is 31.0 Å². The number of esters is 9. The van der Waals surface area contributed by atoms with Gasteiger partial charge in [-0.05, 0) is 78.9 Å². The summed E-state index contributed by atoms with van der Waals surface area (Å²) in [5, 5.41) is 289. The number of aliphatic hydroxyl groups excluding tert-OH is 1. The van der Waals surface area contributed by atoms with Gasteiger partial charge in [0.25, 0.3) is 0 Å². The lowest BCUT2D eigenvalue weighted by Gasteiger charge is -2.44. The van der Waals surface area contributed by atoms with E-state index in [0.29, 0.717) is 72.8 Å². The third kappa shape index (κ3) is 16.2. The molecule has 9 aromatic carbocycles. The van der Waals surface area contributed by atoms with Crippen molar-refractivity contribution in [1.82, 2.24) is 0 Å². The average molecular weight is 1730 g/mol. The third-order valence-corrected chi connectivity index (χ3v) is 18.3. The van der Waals surface area contributed by atoms with E-state index >= 15 is 9.59 Å². The normalized spacial score (nSPS) is 19.1. The van der Waals surface area contributed by atoms with Crippen LogP contribution >= 0.6 is 0 Å². The zero-order valence-corrected chi connectivity index (χ0v) is 60.5. The molecule has 3 aliphatic heterocycles. The molecule has 10 atom stereocenters. The highest BCUT2D eigenvalue weighted by molar-refractivity contribution is 6.09. The molecular formula is C75H56O48. The van der Waals surface area contributed by atoms with Crippen molar-refractivity contribution in [3.8, 4) is 172 Å². The molecule has 3 aliphatic rings. The van der Waals surface area contributed by atoms with E-state index in [2.05, 4.69) is 0 Å². The van der Waals surface area contributed by atoms with Gasteiger partial charge in [0, 0.05) is 23.3 Å². The van der Waals surface area contributed by atoms with Crippen LogP contribution in [0.15, 0.2) is 91.0 Å². The van der Waals surface area contributed by atoms with Crippen LogP contribution in [0.25, 0.3) is 11.1 Å². The number of cyclic esters (lactones) is 1. The Labute approximate surface area is 677 Å². The summed E-state index contributed by atoms with van der Waals surface area (Å²) in [5.41, 5.74) is -12.9. The highest BCUT2D eigenvalue weighted by Crippen LogP contribution is 2.57. The van der Waals surface area contributed by atoms with E-state index in [9.17, 15) is 171 Å². The lowest BCUT2D eigenvalue weighted by Crippen LogP contribution is -2.63. The minimum atomic E-state index is -2.99. The Hall–Kier alpha value is -17.3.